The third kappa shape index (κ3) is 2.66. The van der Waals surface area contributed by atoms with Crippen LogP contribution in [0.4, 0.5) is 10.1 Å². The maximum absolute atomic E-state index is 13.8. The molecule has 0 amide bonds. The molecule has 0 heterocycles. The van der Waals surface area contributed by atoms with Gasteiger partial charge < -0.3 is 9.47 Å². The van der Waals surface area contributed by atoms with E-state index in [1.165, 1.54) is 26.4 Å². The number of ether oxygens (including phenoxy) is 2. The van der Waals surface area contributed by atoms with Crippen LogP contribution < -0.4 is 14.9 Å². The molecule has 0 aliphatic carbocycles. The molecule has 6 nitrogen and oxygen atoms in total. The van der Waals surface area contributed by atoms with Crippen LogP contribution in [-0.2, 0) is 0 Å². The molecule has 1 N–H and O–H groups in total. The van der Waals surface area contributed by atoms with E-state index >= 15 is 0 Å². The number of benzene rings is 1. The summed E-state index contributed by atoms with van der Waals surface area (Å²) in [5.74, 6) is -0.800. The maximum Gasteiger partial charge on any atom is 0.237 e. The van der Waals surface area contributed by atoms with E-state index in [9.17, 15) is 4.39 Å². The van der Waals surface area contributed by atoms with Crippen molar-refractivity contribution in [3.63, 3.8) is 0 Å². The van der Waals surface area contributed by atoms with Gasteiger partial charge in [0, 0.05) is 0 Å². The Kier molecular flexibility index (Phi) is 4.47. The summed E-state index contributed by atoms with van der Waals surface area (Å²) in [6, 6.07) is 5.95. The van der Waals surface area contributed by atoms with Gasteiger partial charge in [0.05, 0.1) is 14.2 Å². The van der Waals surface area contributed by atoms with Crippen LogP contribution in [0.5, 0.6) is 11.5 Å². The van der Waals surface area contributed by atoms with E-state index in [0.717, 1.165) is 0 Å². The topological polar surface area (TPSA) is 90.4 Å². The molecule has 0 radical (unpaired) electrons. The molecule has 0 atom stereocenters. The second-order valence-corrected chi connectivity index (χ2v) is 2.96. The number of hydrogen-bond acceptors (Lipinski definition) is 6. The number of methoxy groups -OCH3 is 2. The molecule has 0 bridgehead atoms. The van der Waals surface area contributed by atoms with Gasteiger partial charge in [0.15, 0.2) is 11.5 Å². The summed E-state index contributed by atoms with van der Waals surface area (Å²) < 4.78 is 23.4. The van der Waals surface area contributed by atoms with Crippen molar-refractivity contribution in [2.75, 3.05) is 19.6 Å². The predicted octanol–water partition coefficient (Wildman–Crippen LogP) is 1.66. The van der Waals surface area contributed by atoms with E-state index in [0.29, 0.717) is 0 Å². The van der Waals surface area contributed by atoms with Gasteiger partial charge in [-0.1, -0.05) is 0 Å². The maximum atomic E-state index is 13.8. The van der Waals surface area contributed by atoms with Gasteiger partial charge >= 0.3 is 0 Å². The summed E-state index contributed by atoms with van der Waals surface area (Å²) in [5, 5.41) is 20.5. The smallest absolute Gasteiger partial charge is 0.237 e. The predicted molar refractivity (Wildman–Crippen MR) is 61.8 cm³/mol. The number of nitriles is 2. The second kappa shape index (κ2) is 6.06. The molecule has 0 saturated heterocycles. The van der Waals surface area contributed by atoms with Crippen molar-refractivity contribution < 1.29 is 13.9 Å². The second-order valence-electron chi connectivity index (χ2n) is 2.96. The van der Waals surface area contributed by atoms with Crippen molar-refractivity contribution in [3.8, 4) is 23.6 Å². The van der Waals surface area contributed by atoms with Gasteiger partial charge in [-0.15, -0.1) is 0 Å². The fourth-order valence-corrected chi connectivity index (χ4v) is 1.17. The summed E-state index contributed by atoms with van der Waals surface area (Å²) in [5.41, 5.74) is 2.18. The van der Waals surface area contributed by atoms with Crippen LogP contribution in [-0.4, -0.2) is 19.9 Å². The average molecular weight is 248 g/mol. The number of rotatable bonds is 4. The van der Waals surface area contributed by atoms with Gasteiger partial charge in [0.1, 0.15) is 17.8 Å². The highest BCUT2D eigenvalue weighted by Gasteiger charge is 2.14. The first-order valence-corrected chi connectivity index (χ1v) is 4.72. The third-order valence-electron chi connectivity index (χ3n) is 1.99. The van der Waals surface area contributed by atoms with Crippen molar-refractivity contribution in [2.45, 2.75) is 0 Å². The number of nitrogens with one attached hydrogen (secondary N) is 1. The molecule has 92 valence electrons. The first-order valence-electron chi connectivity index (χ1n) is 4.72. The lowest BCUT2D eigenvalue weighted by Crippen LogP contribution is -2.01. The summed E-state index contributed by atoms with van der Waals surface area (Å²) >= 11 is 0. The average Bonchev–Trinajstić information content (AvgIpc) is 2.40. The Hall–Kier alpha value is -2.80. The van der Waals surface area contributed by atoms with Crippen molar-refractivity contribution in [1.29, 1.82) is 10.5 Å². The normalized spacial score (nSPS) is 8.72. The number of nitrogens with zero attached hydrogens (tertiary/aromatic N) is 3. The highest BCUT2D eigenvalue weighted by molar-refractivity contribution is 6.10. The lowest BCUT2D eigenvalue weighted by molar-refractivity contribution is 0.352. The number of hydrazone groups is 1. The first-order chi connectivity index (χ1) is 8.67. The monoisotopic (exact) mass is 248 g/mol. The highest BCUT2D eigenvalue weighted by atomic mass is 19.1. The summed E-state index contributed by atoms with van der Waals surface area (Å²) in [4.78, 5) is 0. The van der Waals surface area contributed by atoms with Gasteiger partial charge in [-0.3, -0.25) is 5.43 Å². The van der Waals surface area contributed by atoms with Crippen LogP contribution in [0.25, 0.3) is 0 Å². The molecule has 18 heavy (non-hydrogen) atoms. The molecule has 1 rings (SSSR count). The third-order valence-corrected chi connectivity index (χ3v) is 1.99. The van der Waals surface area contributed by atoms with Crippen LogP contribution in [0.15, 0.2) is 17.2 Å². The molecule has 1 aromatic carbocycles. The molecule has 7 heteroatoms. The molecule has 0 aliphatic rings. The zero-order valence-corrected chi connectivity index (χ0v) is 9.69. The molecule has 0 fully saturated rings. The summed E-state index contributed by atoms with van der Waals surface area (Å²) in [7, 11) is 2.61. The Morgan fingerprint density at radius 1 is 1.28 bits per heavy atom. The van der Waals surface area contributed by atoms with Crippen molar-refractivity contribution in [1.82, 2.24) is 0 Å². The van der Waals surface area contributed by atoms with E-state index in [-0.39, 0.29) is 22.9 Å². The number of anilines is 1. The van der Waals surface area contributed by atoms with Gasteiger partial charge in [-0.05, 0) is 12.1 Å². The van der Waals surface area contributed by atoms with Crippen molar-refractivity contribution in [3.05, 3.63) is 17.9 Å². The van der Waals surface area contributed by atoms with Crippen LogP contribution in [0.3, 0.4) is 0 Å². The van der Waals surface area contributed by atoms with Crippen LogP contribution in [0, 0.1) is 28.5 Å². The lowest BCUT2D eigenvalue weighted by atomic mass is 10.2. The highest BCUT2D eigenvalue weighted by Crippen LogP contribution is 2.33. The molecular formula is C11H9FN4O2. The van der Waals surface area contributed by atoms with Crippen LogP contribution in [0.2, 0.25) is 0 Å². The Balaban J connectivity index is 3.12. The zero-order valence-electron chi connectivity index (χ0n) is 9.69. The van der Waals surface area contributed by atoms with Gasteiger partial charge in [0.2, 0.25) is 11.5 Å². The van der Waals surface area contributed by atoms with E-state index in [1.807, 2.05) is 0 Å². The van der Waals surface area contributed by atoms with Gasteiger partial charge in [-0.25, -0.2) is 0 Å². The molecule has 0 spiro atoms. The van der Waals surface area contributed by atoms with Crippen LogP contribution in [0.1, 0.15) is 0 Å². The fourth-order valence-electron chi connectivity index (χ4n) is 1.17. The van der Waals surface area contributed by atoms with Gasteiger partial charge in [0.25, 0.3) is 0 Å². The number of halogens is 1. The number of hydrogen-bond donors (Lipinski definition) is 1. The zero-order chi connectivity index (χ0) is 13.5. The summed E-state index contributed by atoms with van der Waals surface area (Å²) in [6.07, 6.45) is 0. The van der Waals surface area contributed by atoms with E-state index < -0.39 is 5.82 Å². The minimum atomic E-state index is -0.698. The molecule has 0 unspecified atom stereocenters. The van der Waals surface area contributed by atoms with E-state index in [2.05, 4.69) is 10.5 Å². The van der Waals surface area contributed by atoms with Gasteiger partial charge in [-0.2, -0.15) is 20.0 Å². The van der Waals surface area contributed by atoms with E-state index in [1.54, 1.807) is 12.1 Å². The van der Waals surface area contributed by atoms with Crippen molar-refractivity contribution >= 4 is 11.4 Å². The molecule has 1 aromatic rings. The molecular weight excluding hydrogens is 239 g/mol. The quantitative estimate of drug-likeness (QED) is 0.646. The Bertz CT molecular complexity index is 541. The molecule has 0 saturated carbocycles. The molecule has 0 aliphatic heterocycles. The Labute approximate surface area is 103 Å². The lowest BCUT2D eigenvalue weighted by Gasteiger charge is -2.11. The van der Waals surface area contributed by atoms with Crippen LogP contribution >= 0.6 is 0 Å². The first kappa shape index (κ1) is 13.3. The standard InChI is InChI=1S/C11H9FN4O2/c1-17-9-4-3-8(11(18-2)10(9)12)16-15-7(5-13)6-14/h3-4,16H,1-2H3. The van der Waals surface area contributed by atoms with Crippen molar-refractivity contribution in [2.24, 2.45) is 5.10 Å². The Morgan fingerprint density at radius 2 is 1.94 bits per heavy atom. The minimum Gasteiger partial charge on any atom is -0.494 e. The molecule has 0 aromatic heterocycles. The summed E-state index contributed by atoms with van der Waals surface area (Å²) in [6.45, 7) is 0. The van der Waals surface area contributed by atoms with E-state index in [4.69, 9.17) is 20.0 Å². The SMILES string of the molecule is COc1ccc(NN=C(C#N)C#N)c(OC)c1F. The largest absolute Gasteiger partial charge is 0.494 e. The minimum absolute atomic E-state index is 0.0159. The Morgan fingerprint density at radius 3 is 2.44 bits per heavy atom. The fraction of sp³-hybridized carbons (Fsp3) is 0.182.